The molecule has 0 radical (unpaired) electrons. The molecule has 32 heavy (non-hydrogen) atoms. The molecule has 172 valence electrons. The van der Waals surface area contributed by atoms with Crippen LogP contribution in [0.4, 0.5) is 23.2 Å². The number of aromatic nitrogens is 1. The van der Waals surface area contributed by atoms with Crippen molar-refractivity contribution in [2.24, 2.45) is 16.6 Å². The number of nitrogens with two attached hydrogens (primary N) is 1. The lowest BCUT2D eigenvalue weighted by atomic mass is 9.78. The molecule has 0 unspecified atom stereocenters. The molecular formula is C21H22F4N4O2S. The molecule has 11 heteroatoms. The fourth-order valence-electron chi connectivity index (χ4n) is 3.59. The maximum atomic E-state index is 14.8. The van der Waals surface area contributed by atoms with Crippen LogP contribution in [-0.4, -0.2) is 27.9 Å². The van der Waals surface area contributed by atoms with Gasteiger partial charge in [-0.3, -0.25) is 9.79 Å². The Morgan fingerprint density at radius 3 is 2.59 bits per heavy atom. The van der Waals surface area contributed by atoms with Gasteiger partial charge in [0, 0.05) is 22.6 Å². The molecule has 0 spiro atoms. The lowest BCUT2D eigenvalue weighted by Crippen LogP contribution is -2.41. The average molecular weight is 470 g/mol. The summed E-state index contributed by atoms with van der Waals surface area (Å²) in [5.74, 6) is -3.35. The lowest BCUT2D eigenvalue weighted by molar-refractivity contribution is -0.0501. The molecule has 1 aromatic carbocycles. The summed E-state index contributed by atoms with van der Waals surface area (Å²) in [7, 11) is 0. The number of amidine groups is 1. The van der Waals surface area contributed by atoms with Crippen molar-refractivity contribution < 1.29 is 27.1 Å². The largest absolute Gasteiger partial charge is 0.433 e. The summed E-state index contributed by atoms with van der Waals surface area (Å²) in [5.41, 5.74) is 4.89. The van der Waals surface area contributed by atoms with Crippen molar-refractivity contribution in [3.63, 3.8) is 0 Å². The maximum absolute atomic E-state index is 14.8. The molecule has 3 rings (SSSR count). The van der Waals surface area contributed by atoms with Gasteiger partial charge < -0.3 is 15.8 Å². The first-order valence-corrected chi connectivity index (χ1v) is 10.5. The zero-order chi connectivity index (χ0) is 23.8. The first-order valence-electron chi connectivity index (χ1n) is 9.66. The van der Waals surface area contributed by atoms with Gasteiger partial charge in [-0.05, 0) is 37.5 Å². The van der Waals surface area contributed by atoms with Crippen LogP contribution >= 0.6 is 11.8 Å². The second-order valence-electron chi connectivity index (χ2n) is 7.70. The van der Waals surface area contributed by atoms with Crippen molar-refractivity contribution in [1.29, 1.82) is 0 Å². The Morgan fingerprint density at radius 2 is 1.97 bits per heavy atom. The number of hydrogen-bond donors (Lipinski definition) is 2. The lowest BCUT2D eigenvalue weighted by Gasteiger charge is -2.40. The van der Waals surface area contributed by atoms with Crippen LogP contribution in [0, 0.1) is 24.5 Å². The fraction of sp³-hybridized carbons (Fsp3) is 0.381. The van der Waals surface area contributed by atoms with E-state index in [2.05, 4.69) is 20.0 Å². The molecule has 0 fully saturated rings. The number of carbonyl (C=O) groups excluding carboxylic acids is 1. The summed E-state index contributed by atoms with van der Waals surface area (Å²) in [6.07, 6.45) is 0.978. The van der Waals surface area contributed by atoms with Gasteiger partial charge in [0.1, 0.15) is 11.4 Å². The Labute approximate surface area is 186 Å². The third kappa shape index (κ3) is 4.67. The zero-order valence-corrected chi connectivity index (χ0v) is 18.6. The average Bonchev–Trinajstić information content (AvgIpc) is 2.68. The molecule has 0 saturated carbocycles. The van der Waals surface area contributed by atoms with E-state index in [9.17, 15) is 22.4 Å². The van der Waals surface area contributed by atoms with Gasteiger partial charge in [0.25, 0.3) is 5.91 Å². The predicted octanol–water partition coefficient (Wildman–Crippen LogP) is 4.82. The monoisotopic (exact) mass is 470 g/mol. The number of benzene rings is 1. The molecule has 0 bridgehead atoms. The van der Waals surface area contributed by atoms with Crippen LogP contribution in [0.15, 0.2) is 29.4 Å². The number of thioether (sulfide) groups is 1. The number of halogens is 4. The summed E-state index contributed by atoms with van der Waals surface area (Å²) in [5, 5.41) is 2.74. The van der Waals surface area contributed by atoms with Crippen LogP contribution in [0.5, 0.6) is 5.75 Å². The molecule has 1 aliphatic rings. The molecule has 3 N–H and O–H groups in total. The number of ether oxygens (including phenoxy) is 1. The highest BCUT2D eigenvalue weighted by molar-refractivity contribution is 8.14. The Balaban J connectivity index is 1.95. The molecule has 1 amide bonds. The summed E-state index contributed by atoms with van der Waals surface area (Å²) in [6, 6.07) is 3.39. The van der Waals surface area contributed by atoms with Gasteiger partial charge in [-0.2, -0.15) is 8.78 Å². The number of hydrogen-bond acceptors (Lipinski definition) is 6. The molecule has 6 nitrogen and oxygen atoms in total. The third-order valence-electron chi connectivity index (χ3n) is 5.56. The Bertz CT molecular complexity index is 1080. The highest BCUT2D eigenvalue weighted by atomic mass is 32.2. The smallest absolute Gasteiger partial charge is 0.387 e. The topological polar surface area (TPSA) is 89.6 Å². The molecule has 0 aliphatic carbocycles. The molecule has 3 atom stereocenters. The standard InChI is InChI=1S/C21H22F4N4O2S/c1-9-5-13(31-19(24)25)8-27-17(9)18(30)28-12-6-14(16(23)15(22)7-12)21(4)10(2)11(3)32-20(26)29-21/h5-8,10-11,19H,1-4H3,(H2,26,29)(H,28,30)/t10-,11+,21+/m1/s1. The van der Waals surface area contributed by atoms with Gasteiger partial charge in [0.2, 0.25) is 0 Å². The number of nitrogens with zero attached hydrogens (tertiary/aromatic N) is 2. The summed E-state index contributed by atoms with van der Waals surface area (Å²) < 4.78 is 58.3. The number of aryl methyl sites for hydroxylation is 1. The van der Waals surface area contributed by atoms with Gasteiger partial charge in [-0.15, -0.1) is 0 Å². The van der Waals surface area contributed by atoms with E-state index in [1.165, 1.54) is 30.8 Å². The minimum absolute atomic E-state index is 0.000898. The molecular weight excluding hydrogens is 448 g/mol. The first kappa shape index (κ1) is 23.8. The highest BCUT2D eigenvalue weighted by Gasteiger charge is 2.42. The van der Waals surface area contributed by atoms with E-state index < -0.39 is 29.7 Å². The quantitative estimate of drug-likeness (QED) is 0.612. The number of alkyl halides is 2. The number of amides is 1. The van der Waals surface area contributed by atoms with Crippen molar-refractivity contribution >= 4 is 28.5 Å². The van der Waals surface area contributed by atoms with Crippen molar-refractivity contribution in [2.45, 2.75) is 45.1 Å². The molecule has 1 aromatic heterocycles. The van der Waals surface area contributed by atoms with Crippen LogP contribution in [0.1, 0.15) is 42.4 Å². The summed E-state index contributed by atoms with van der Waals surface area (Å²) in [6.45, 7) is 3.91. The second kappa shape index (κ2) is 8.97. The van der Waals surface area contributed by atoms with Gasteiger partial charge in [-0.1, -0.05) is 25.6 Å². The summed E-state index contributed by atoms with van der Waals surface area (Å²) in [4.78, 5) is 20.9. The molecule has 0 saturated heterocycles. The Hall–Kier alpha value is -2.82. The Kier molecular flexibility index (Phi) is 6.68. The van der Waals surface area contributed by atoms with E-state index in [4.69, 9.17) is 5.73 Å². The molecule has 2 aromatic rings. The van der Waals surface area contributed by atoms with E-state index in [1.807, 2.05) is 13.8 Å². The molecule has 1 aliphatic heterocycles. The summed E-state index contributed by atoms with van der Waals surface area (Å²) >= 11 is 1.35. The third-order valence-corrected chi connectivity index (χ3v) is 6.68. The van der Waals surface area contributed by atoms with Crippen LogP contribution in [0.2, 0.25) is 0 Å². The number of carbonyl (C=O) groups is 1. The van der Waals surface area contributed by atoms with Crippen LogP contribution in [0.3, 0.4) is 0 Å². The van der Waals surface area contributed by atoms with E-state index in [0.717, 1.165) is 12.3 Å². The van der Waals surface area contributed by atoms with Crippen molar-refractivity contribution in [3.05, 3.63) is 52.9 Å². The van der Waals surface area contributed by atoms with Crippen LogP contribution < -0.4 is 15.8 Å². The predicted molar refractivity (Wildman–Crippen MR) is 115 cm³/mol. The van der Waals surface area contributed by atoms with Crippen LogP contribution in [0.25, 0.3) is 0 Å². The van der Waals surface area contributed by atoms with Gasteiger partial charge in [0.15, 0.2) is 16.8 Å². The number of anilines is 1. The maximum Gasteiger partial charge on any atom is 0.387 e. The SMILES string of the molecule is Cc1cc(OC(F)F)cnc1C(=O)Nc1cc(F)c(F)c([C@@]2(C)N=C(N)S[C@@H](C)[C@H]2C)c1. The minimum atomic E-state index is -3.03. The molecule has 2 heterocycles. The van der Waals surface area contributed by atoms with Crippen molar-refractivity contribution in [2.75, 3.05) is 5.32 Å². The first-order chi connectivity index (χ1) is 14.9. The number of aliphatic imine (C=N–C) groups is 1. The van der Waals surface area contributed by atoms with Gasteiger partial charge in [-0.25, -0.2) is 13.8 Å². The van der Waals surface area contributed by atoms with Crippen molar-refractivity contribution in [3.8, 4) is 5.75 Å². The normalized spacial score (nSPS) is 23.1. The van der Waals surface area contributed by atoms with E-state index >= 15 is 0 Å². The van der Waals surface area contributed by atoms with E-state index in [-0.39, 0.29) is 44.6 Å². The number of pyridine rings is 1. The van der Waals surface area contributed by atoms with E-state index in [1.54, 1.807) is 6.92 Å². The number of nitrogens with one attached hydrogen (secondary N) is 1. The van der Waals surface area contributed by atoms with Crippen molar-refractivity contribution in [1.82, 2.24) is 4.98 Å². The van der Waals surface area contributed by atoms with E-state index in [0.29, 0.717) is 0 Å². The van der Waals surface area contributed by atoms with Gasteiger partial charge in [0.05, 0.1) is 11.7 Å². The van der Waals surface area contributed by atoms with Gasteiger partial charge >= 0.3 is 6.61 Å². The fourth-order valence-corrected chi connectivity index (χ4v) is 4.68. The number of rotatable bonds is 5. The zero-order valence-electron chi connectivity index (χ0n) is 17.7. The minimum Gasteiger partial charge on any atom is -0.433 e. The second-order valence-corrected chi connectivity index (χ2v) is 9.10. The Morgan fingerprint density at radius 1 is 1.28 bits per heavy atom. The van der Waals surface area contributed by atoms with Crippen LogP contribution in [-0.2, 0) is 5.54 Å². The highest BCUT2D eigenvalue weighted by Crippen LogP contribution is 2.45.